The van der Waals surface area contributed by atoms with Crippen LogP contribution in [-0.2, 0) is 17.8 Å². The van der Waals surface area contributed by atoms with Gasteiger partial charge in [-0.2, -0.15) is 0 Å². The van der Waals surface area contributed by atoms with E-state index in [1.165, 1.54) is 11.1 Å². The van der Waals surface area contributed by atoms with Crippen molar-refractivity contribution in [2.45, 2.75) is 70.1 Å². The Labute approximate surface area is 182 Å². The van der Waals surface area contributed by atoms with Crippen molar-refractivity contribution in [1.29, 1.82) is 0 Å². The quantitative estimate of drug-likeness (QED) is 0.527. The first-order chi connectivity index (χ1) is 14.2. The Hall–Kier alpha value is -2.11. The van der Waals surface area contributed by atoms with E-state index >= 15 is 0 Å². The molecule has 5 heteroatoms. The van der Waals surface area contributed by atoms with E-state index in [4.69, 9.17) is 4.74 Å². The van der Waals surface area contributed by atoms with Crippen LogP contribution >= 0.6 is 0 Å². The lowest BCUT2D eigenvalue weighted by molar-refractivity contribution is 0.0312. The molecule has 0 aromatic heterocycles. The van der Waals surface area contributed by atoms with Crippen molar-refractivity contribution in [2.75, 3.05) is 6.61 Å². The zero-order chi connectivity index (χ0) is 21.6. The lowest BCUT2D eigenvalue weighted by Crippen LogP contribution is -2.61. The molecule has 1 fully saturated rings. The van der Waals surface area contributed by atoms with Gasteiger partial charge in [-0.05, 0) is 36.9 Å². The molecule has 3 rings (SSSR count). The van der Waals surface area contributed by atoms with Crippen molar-refractivity contribution in [3.8, 4) is 0 Å². The number of carbonyl (C=O) groups excluding carboxylic acids is 1. The number of benzene rings is 2. The van der Waals surface area contributed by atoms with Gasteiger partial charge >= 0.3 is 6.09 Å². The number of carbonyl (C=O) groups is 1. The van der Waals surface area contributed by atoms with Crippen LogP contribution in [-0.4, -0.2) is 37.3 Å². The third kappa shape index (κ3) is 6.99. The third-order valence-electron chi connectivity index (χ3n) is 5.83. The minimum Gasteiger partial charge on any atom is -0.450 e. The molecule has 1 saturated carbocycles. The Morgan fingerprint density at radius 2 is 1.50 bits per heavy atom. The lowest BCUT2D eigenvalue weighted by atomic mass is 9.73. The molecule has 0 unspecified atom stereocenters. The summed E-state index contributed by atoms with van der Waals surface area (Å²) in [6.45, 7) is 11.4. The van der Waals surface area contributed by atoms with Crippen molar-refractivity contribution in [3.63, 3.8) is 0 Å². The fraction of sp³-hybridized carbons (Fsp3) is 0.480. The van der Waals surface area contributed by atoms with Crippen LogP contribution in [0, 0.1) is 0 Å². The first kappa shape index (κ1) is 22.6. The molecule has 0 bridgehead atoms. The predicted octanol–water partition coefficient (Wildman–Crippen LogP) is 5.67. The predicted molar refractivity (Wildman–Crippen MR) is 126 cm³/mol. The van der Waals surface area contributed by atoms with Crippen LogP contribution < -0.4 is 5.32 Å². The summed E-state index contributed by atoms with van der Waals surface area (Å²) in [4.78, 5) is 14.8. The Balaban J connectivity index is 1.56. The maximum Gasteiger partial charge on any atom is 0.407 e. The standard InChI is InChI=1S/C25H36N2O2Si/c1-25(26-24(28)29-15-16-30(2,3)4)17-23(18-25)27(19-21-11-7-5-8-12-21)20-22-13-9-6-10-14-22/h5-14,23H,15-20H2,1-4H3,(H,26,28)/t23-,25+. The number of nitrogens with zero attached hydrogens (tertiary/aromatic N) is 1. The molecular weight excluding hydrogens is 388 g/mol. The van der Waals surface area contributed by atoms with Gasteiger partial charge in [0.1, 0.15) is 0 Å². The third-order valence-corrected chi connectivity index (χ3v) is 7.54. The summed E-state index contributed by atoms with van der Waals surface area (Å²) in [6.07, 6.45) is 1.61. The summed E-state index contributed by atoms with van der Waals surface area (Å²) in [7, 11) is -1.19. The summed E-state index contributed by atoms with van der Waals surface area (Å²) in [6, 6.07) is 22.7. The average molecular weight is 425 g/mol. The summed E-state index contributed by atoms with van der Waals surface area (Å²) in [5, 5.41) is 3.12. The van der Waals surface area contributed by atoms with Crippen LogP contribution in [0.25, 0.3) is 0 Å². The highest BCUT2D eigenvalue weighted by molar-refractivity contribution is 6.76. The van der Waals surface area contributed by atoms with Gasteiger partial charge in [-0.15, -0.1) is 0 Å². The number of hydrogen-bond acceptors (Lipinski definition) is 3. The smallest absolute Gasteiger partial charge is 0.407 e. The first-order valence-electron chi connectivity index (χ1n) is 11.0. The Kier molecular flexibility index (Phi) is 7.37. The molecule has 0 heterocycles. The van der Waals surface area contributed by atoms with Crippen LogP contribution in [0.5, 0.6) is 0 Å². The van der Waals surface area contributed by atoms with Gasteiger partial charge < -0.3 is 10.1 Å². The molecule has 0 aliphatic heterocycles. The molecular formula is C25H36N2O2Si. The van der Waals surface area contributed by atoms with Gasteiger partial charge in [0, 0.05) is 32.7 Å². The van der Waals surface area contributed by atoms with Crippen molar-refractivity contribution in [3.05, 3.63) is 71.8 Å². The minimum atomic E-state index is -1.19. The number of amides is 1. The molecule has 1 aliphatic rings. The van der Waals surface area contributed by atoms with Crippen LogP contribution in [0.15, 0.2) is 60.7 Å². The molecule has 30 heavy (non-hydrogen) atoms. The van der Waals surface area contributed by atoms with Crippen LogP contribution in [0.2, 0.25) is 25.7 Å². The van der Waals surface area contributed by atoms with Gasteiger partial charge in [0.25, 0.3) is 0 Å². The monoisotopic (exact) mass is 424 g/mol. The summed E-state index contributed by atoms with van der Waals surface area (Å²) in [5.41, 5.74) is 2.45. The van der Waals surface area contributed by atoms with Gasteiger partial charge in [-0.3, -0.25) is 4.90 Å². The van der Waals surface area contributed by atoms with E-state index < -0.39 is 8.07 Å². The van der Waals surface area contributed by atoms with Gasteiger partial charge in [0.2, 0.25) is 0 Å². The van der Waals surface area contributed by atoms with E-state index in [0.29, 0.717) is 12.6 Å². The molecule has 0 atom stereocenters. The number of rotatable bonds is 9. The molecule has 4 nitrogen and oxygen atoms in total. The lowest BCUT2D eigenvalue weighted by Gasteiger charge is -2.50. The van der Waals surface area contributed by atoms with Crippen LogP contribution in [0.3, 0.4) is 0 Å². The first-order valence-corrected chi connectivity index (χ1v) is 14.7. The van der Waals surface area contributed by atoms with Gasteiger partial charge in [0.05, 0.1) is 6.61 Å². The van der Waals surface area contributed by atoms with E-state index in [-0.39, 0.29) is 11.6 Å². The summed E-state index contributed by atoms with van der Waals surface area (Å²) in [5.74, 6) is 0. The Bertz CT molecular complexity index is 757. The summed E-state index contributed by atoms with van der Waals surface area (Å²) < 4.78 is 5.45. The van der Waals surface area contributed by atoms with Gasteiger partial charge in [0.15, 0.2) is 0 Å². The van der Waals surface area contributed by atoms with Crippen LogP contribution in [0.4, 0.5) is 4.79 Å². The SMILES string of the molecule is C[Si](C)(C)CCOC(=O)N[C@]1(C)C[C@H](N(Cc2ccccc2)Cc2ccccc2)C1. The van der Waals surface area contributed by atoms with Crippen molar-refractivity contribution in [2.24, 2.45) is 0 Å². The zero-order valence-corrected chi connectivity index (χ0v) is 19.9. The molecule has 1 aliphatic carbocycles. The van der Waals surface area contributed by atoms with E-state index in [1.54, 1.807) is 0 Å². The molecule has 0 spiro atoms. The van der Waals surface area contributed by atoms with Gasteiger partial charge in [-0.25, -0.2) is 4.79 Å². The normalized spacial score (nSPS) is 21.2. The molecule has 1 amide bonds. The largest absolute Gasteiger partial charge is 0.450 e. The zero-order valence-electron chi connectivity index (χ0n) is 18.9. The fourth-order valence-corrected chi connectivity index (χ4v) is 4.74. The van der Waals surface area contributed by atoms with Crippen molar-refractivity contribution < 1.29 is 9.53 Å². The molecule has 0 saturated heterocycles. The average Bonchev–Trinajstić information content (AvgIpc) is 2.66. The molecule has 2 aromatic rings. The maximum absolute atomic E-state index is 12.3. The number of nitrogens with one attached hydrogen (secondary N) is 1. The molecule has 1 N–H and O–H groups in total. The maximum atomic E-state index is 12.3. The Morgan fingerprint density at radius 1 is 1.00 bits per heavy atom. The number of ether oxygens (including phenoxy) is 1. The highest BCUT2D eigenvalue weighted by Crippen LogP contribution is 2.37. The second-order valence-corrected chi connectivity index (χ2v) is 15.7. The van der Waals surface area contributed by atoms with Crippen molar-refractivity contribution >= 4 is 14.2 Å². The number of hydrogen-bond donors (Lipinski definition) is 1. The molecule has 2 aromatic carbocycles. The van der Waals surface area contributed by atoms with E-state index in [1.807, 2.05) is 0 Å². The van der Waals surface area contributed by atoms with E-state index in [2.05, 4.69) is 97.4 Å². The second kappa shape index (κ2) is 9.80. The second-order valence-electron chi connectivity index (χ2n) is 10.1. The van der Waals surface area contributed by atoms with Gasteiger partial charge in [-0.1, -0.05) is 80.3 Å². The van der Waals surface area contributed by atoms with E-state index in [9.17, 15) is 4.79 Å². The van der Waals surface area contributed by atoms with Crippen LogP contribution in [0.1, 0.15) is 30.9 Å². The fourth-order valence-electron chi connectivity index (χ4n) is 4.02. The highest BCUT2D eigenvalue weighted by Gasteiger charge is 2.44. The topological polar surface area (TPSA) is 41.6 Å². The highest BCUT2D eigenvalue weighted by atomic mass is 28.3. The number of alkyl carbamates (subject to hydrolysis) is 1. The minimum absolute atomic E-state index is 0.188. The molecule has 0 radical (unpaired) electrons. The molecule has 162 valence electrons. The van der Waals surface area contributed by atoms with Crippen molar-refractivity contribution in [1.82, 2.24) is 10.2 Å². The van der Waals surface area contributed by atoms with E-state index in [0.717, 1.165) is 32.0 Å². The Morgan fingerprint density at radius 3 is 1.97 bits per heavy atom. The summed E-state index contributed by atoms with van der Waals surface area (Å²) >= 11 is 0.